The molecule has 124 valence electrons. The minimum atomic E-state index is -0.530. The van der Waals surface area contributed by atoms with E-state index in [0.29, 0.717) is 13.1 Å². The number of carbonyl (C=O) groups is 2. The first-order valence-corrected chi connectivity index (χ1v) is 7.91. The SMILES string of the molecule is O=C(NC1CC(=O)N(Cc2ccccc2)C1)c1cc(Cl)c[nH]c1=O. The Morgan fingerprint density at radius 3 is 2.79 bits per heavy atom. The van der Waals surface area contributed by atoms with Gasteiger partial charge < -0.3 is 15.2 Å². The molecule has 2 N–H and O–H groups in total. The van der Waals surface area contributed by atoms with E-state index < -0.39 is 11.5 Å². The predicted molar refractivity (Wildman–Crippen MR) is 89.8 cm³/mol. The van der Waals surface area contributed by atoms with Crippen LogP contribution in [0.2, 0.25) is 5.02 Å². The number of nitrogens with zero attached hydrogens (tertiary/aromatic N) is 1. The van der Waals surface area contributed by atoms with Gasteiger partial charge in [-0.3, -0.25) is 14.4 Å². The zero-order valence-electron chi connectivity index (χ0n) is 12.8. The van der Waals surface area contributed by atoms with Crippen LogP contribution in [0.15, 0.2) is 47.4 Å². The maximum absolute atomic E-state index is 12.2. The maximum Gasteiger partial charge on any atom is 0.260 e. The lowest BCUT2D eigenvalue weighted by molar-refractivity contribution is -0.128. The van der Waals surface area contributed by atoms with Gasteiger partial charge in [-0.2, -0.15) is 0 Å². The van der Waals surface area contributed by atoms with Gasteiger partial charge in [-0.15, -0.1) is 0 Å². The summed E-state index contributed by atoms with van der Waals surface area (Å²) in [7, 11) is 0. The van der Waals surface area contributed by atoms with E-state index in [1.54, 1.807) is 4.90 Å². The lowest BCUT2D eigenvalue weighted by atomic mass is 10.2. The van der Waals surface area contributed by atoms with Gasteiger partial charge in [0, 0.05) is 25.7 Å². The standard InChI is InChI=1S/C17H16ClN3O3/c18-12-6-14(16(23)19-8-12)17(24)20-13-7-15(22)21(10-13)9-11-4-2-1-3-5-11/h1-6,8,13H,7,9-10H2,(H,19,23)(H,20,24). The summed E-state index contributed by atoms with van der Waals surface area (Å²) in [5.41, 5.74) is 0.461. The van der Waals surface area contributed by atoms with Crippen molar-refractivity contribution < 1.29 is 9.59 Å². The molecule has 0 saturated carbocycles. The number of hydrogen-bond acceptors (Lipinski definition) is 3. The van der Waals surface area contributed by atoms with E-state index in [-0.39, 0.29) is 29.0 Å². The number of aromatic nitrogens is 1. The number of likely N-dealkylation sites (tertiary alicyclic amines) is 1. The van der Waals surface area contributed by atoms with Gasteiger partial charge in [0.25, 0.3) is 11.5 Å². The van der Waals surface area contributed by atoms with Crippen LogP contribution in [0.1, 0.15) is 22.3 Å². The molecule has 1 aromatic heterocycles. The third-order valence-electron chi connectivity index (χ3n) is 3.88. The fourth-order valence-corrected chi connectivity index (χ4v) is 2.88. The van der Waals surface area contributed by atoms with Crippen molar-refractivity contribution in [1.82, 2.24) is 15.2 Å². The second-order valence-corrected chi connectivity index (χ2v) is 6.13. The van der Waals surface area contributed by atoms with Crippen LogP contribution in [-0.4, -0.2) is 34.3 Å². The molecule has 3 rings (SSSR count). The first-order valence-electron chi connectivity index (χ1n) is 7.54. The maximum atomic E-state index is 12.2. The van der Waals surface area contributed by atoms with Crippen LogP contribution in [0.3, 0.4) is 0 Å². The lowest BCUT2D eigenvalue weighted by Crippen LogP contribution is -2.39. The number of H-pyrrole nitrogens is 1. The van der Waals surface area contributed by atoms with Crippen LogP contribution in [0.4, 0.5) is 0 Å². The number of carbonyl (C=O) groups excluding carboxylic acids is 2. The molecule has 0 spiro atoms. The van der Waals surface area contributed by atoms with Crippen molar-refractivity contribution in [2.45, 2.75) is 19.0 Å². The summed E-state index contributed by atoms with van der Waals surface area (Å²) in [6.45, 7) is 0.918. The molecule has 1 fully saturated rings. The normalized spacial score (nSPS) is 17.1. The summed E-state index contributed by atoms with van der Waals surface area (Å²) in [6, 6.07) is 10.6. The fraction of sp³-hybridized carbons (Fsp3) is 0.235. The van der Waals surface area contributed by atoms with Crippen LogP contribution >= 0.6 is 11.6 Å². The van der Waals surface area contributed by atoms with Gasteiger partial charge >= 0.3 is 0 Å². The minimum Gasteiger partial charge on any atom is -0.347 e. The molecule has 7 heteroatoms. The molecular weight excluding hydrogens is 330 g/mol. The van der Waals surface area contributed by atoms with Gasteiger partial charge in [0.05, 0.1) is 11.1 Å². The third-order valence-corrected chi connectivity index (χ3v) is 4.10. The number of nitrogens with one attached hydrogen (secondary N) is 2. The Morgan fingerprint density at radius 1 is 1.29 bits per heavy atom. The molecule has 1 saturated heterocycles. The second-order valence-electron chi connectivity index (χ2n) is 5.70. The molecule has 0 radical (unpaired) electrons. The Bertz CT molecular complexity index is 819. The Balaban J connectivity index is 1.65. The van der Waals surface area contributed by atoms with Crippen LogP contribution < -0.4 is 10.9 Å². The van der Waals surface area contributed by atoms with Crippen LogP contribution in [0, 0.1) is 0 Å². The molecule has 2 heterocycles. The summed E-state index contributed by atoms with van der Waals surface area (Å²) in [6.07, 6.45) is 1.54. The van der Waals surface area contributed by atoms with Crippen molar-refractivity contribution in [1.29, 1.82) is 0 Å². The van der Waals surface area contributed by atoms with Crippen LogP contribution in [0.25, 0.3) is 0 Å². The summed E-state index contributed by atoms with van der Waals surface area (Å²) < 4.78 is 0. The molecule has 1 atom stereocenters. The van der Waals surface area contributed by atoms with Crippen molar-refractivity contribution in [3.8, 4) is 0 Å². The summed E-state index contributed by atoms with van der Waals surface area (Å²) in [5, 5.41) is 3.00. The van der Waals surface area contributed by atoms with Crippen molar-refractivity contribution in [2.75, 3.05) is 6.54 Å². The van der Waals surface area contributed by atoms with Crippen molar-refractivity contribution in [3.63, 3.8) is 0 Å². The second kappa shape index (κ2) is 6.88. The molecule has 0 aliphatic carbocycles. The number of rotatable bonds is 4. The van der Waals surface area contributed by atoms with E-state index in [4.69, 9.17) is 11.6 Å². The average Bonchev–Trinajstić information content (AvgIpc) is 2.90. The van der Waals surface area contributed by atoms with Gasteiger partial charge in [-0.05, 0) is 11.6 Å². The Hall–Kier alpha value is -2.60. The number of benzene rings is 1. The van der Waals surface area contributed by atoms with Gasteiger partial charge in [0.1, 0.15) is 5.56 Å². The third kappa shape index (κ3) is 3.65. The highest BCUT2D eigenvalue weighted by atomic mass is 35.5. The van der Waals surface area contributed by atoms with E-state index >= 15 is 0 Å². The summed E-state index contributed by atoms with van der Waals surface area (Å²) >= 11 is 5.80. The van der Waals surface area contributed by atoms with Crippen molar-refractivity contribution in [2.24, 2.45) is 0 Å². The number of hydrogen-bond donors (Lipinski definition) is 2. The zero-order chi connectivity index (χ0) is 17.1. The molecule has 1 aliphatic rings. The van der Waals surface area contributed by atoms with Gasteiger partial charge in [0.15, 0.2) is 0 Å². The Morgan fingerprint density at radius 2 is 2.04 bits per heavy atom. The fourth-order valence-electron chi connectivity index (χ4n) is 2.71. The van der Waals surface area contributed by atoms with Crippen LogP contribution in [-0.2, 0) is 11.3 Å². The molecule has 6 nitrogen and oxygen atoms in total. The number of pyridine rings is 1. The first-order chi connectivity index (χ1) is 11.5. The smallest absolute Gasteiger partial charge is 0.260 e. The molecule has 1 aliphatic heterocycles. The predicted octanol–water partition coefficient (Wildman–Crippen LogP) is 1.56. The molecule has 0 bridgehead atoms. The van der Waals surface area contributed by atoms with E-state index in [1.165, 1.54) is 12.3 Å². The van der Waals surface area contributed by atoms with E-state index in [0.717, 1.165) is 5.56 Å². The summed E-state index contributed by atoms with van der Waals surface area (Å²) in [4.78, 5) is 40.1. The number of aromatic amines is 1. The van der Waals surface area contributed by atoms with Gasteiger partial charge in [0.2, 0.25) is 5.91 Å². The molecule has 1 unspecified atom stereocenters. The Kier molecular flexibility index (Phi) is 4.66. The quantitative estimate of drug-likeness (QED) is 0.882. The van der Waals surface area contributed by atoms with E-state index in [2.05, 4.69) is 10.3 Å². The largest absolute Gasteiger partial charge is 0.347 e. The molecule has 2 amide bonds. The highest BCUT2D eigenvalue weighted by Gasteiger charge is 2.31. The highest BCUT2D eigenvalue weighted by molar-refractivity contribution is 6.30. The van der Waals surface area contributed by atoms with E-state index in [1.807, 2.05) is 30.3 Å². The topological polar surface area (TPSA) is 82.3 Å². The van der Waals surface area contributed by atoms with Gasteiger partial charge in [-0.1, -0.05) is 41.9 Å². The van der Waals surface area contributed by atoms with Crippen LogP contribution in [0.5, 0.6) is 0 Å². The summed E-state index contributed by atoms with van der Waals surface area (Å²) in [5.74, 6) is -0.553. The molecular formula is C17H16ClN3O3. The highest BCUT2D eigenvalue weighted by Crippen LogP contribution is 2.15. The molecule has 1 aromatic carbocycles. The van der Waals surface area contributed by atoms with Gasteiger partial charge in [-0.25, -0.2) is 0 Å². The van der Waals surface area contributed by atoms with Crippen molar-refractivity contribution in [3.05, 3.63) is 69.1 Å². The molecule has 2 aromatic rings. The average molecular weight is 346 g/mol. The van der Waals surface area contributed by atoms with E-state index in [9.17, 15) is 14.4 Å². The first kappa shape index (κ1) is 16.3. The monoisotopic (exact) mass is 345 g/mol. The Labute approximate surface area is 143 Å². The lowest BCUT2D eigenvalue weighted by Gasteiger charge is -2.17. The number of amides is 2. The van der Waals surface area contributed by atoms with Crippen molar-refractivity contribution >= 4 is 23.4 Å². The number of halogens is 1. The zero-order valence-corrected chi connectivity index (χ0v) is 13.5. The molecule has 24 heavy (non-hydrogen) atoms. The minimum absolute atomic E-state index is 0.0239.